The molecule has 0 unspecified atom stereocenters. The summed E-state index contributed by atoms with van der Waals surface area (Å²) >= 11 is 0. The first-order valence-corrected chi connectivity index (χ1v) is 1.73. The van der Waals surface area contributed by atoms with Crippen LogP contribution in [0.25, 0.3) is 0 Å². The number of carbonyl (C=O) groups excluding carboxylic acids is 1. The topological polar surface area (TPSA) is 76.7 Å². The van der Waals surface area contributed by atoms with E-state index in [1.165, 1.54) is 12.3 Å². The summed E-state index contributed by atoms with van der Waals surface area (Å²) in [4.78, 5) is 10.0. The van der Waals surface area contributed by atoms with Gasteiger partial charge in [0.15, 0.2) is 6.19 Å². The zero-order valence-corrected chi connectivity index (χ0v) is 6.88. The second-order valence-electron chi connectivity index (χ2n) is 0.874. The summed E-state index contributed by atoms with van der Waals surface area (Å²) in [5.74, 6) is -0.685. The molecule has 0 fully saturated rings. The molecule has 0 saturated carbocycles. The fraction of sp³-hybridized carbons (Fsp3) is 0. The van der Waals surface area contributed by atoms with Gasteiger partial charge in [-0.2, -0.15) is 5.26 Å². The molecule has 4 nitrogen and oxygen atoms in total. The summed E-state index contributed by atoms with van der Waals surface area (Å²) in [5.41, 5.74) is 0. The van der Waals surface area contributed by atoms with Gasteiger partial charge in [-0.05, 0) is 0 Å². The predicted molar refractivity (Wildman–Crippen MR) is 23.7 cm³/mol. The number of nitrogens with zero attached hydrogens (tertiary/aromatic N) is 2. The minimum Gasteiger partial charge on any atom is -0.309 e. The second-order valence-corrected chi connectivity index (χ2v) is 0.874. The molecule has 0 aliphatic heterocycles. The Kier molecular flexibility index (Phi) is 9.08. The minimum atomic E-state index is -0.685. The molecule has 0 aromatic rings. The summed E-state index contributed by atoms with van der Waals surface area (Å²) < 4.78 is 0. The molecule has 0 aliphatic rings. The van der Waals surface area contributed by atoms with Crippen molar-refractivity contribution >= 4 is 5.91 Å². The van der Waals surface area contributed by atoms with E-state index in [2.05, 4.69) is 0 Å². The van der Waals surface area contributed by atoms with Gasteiger partial charge in [0.1, 0.15) is 5.91 Å². The molecule has 5 heteroatoms. The monoisotopic (exact) mass is 131 g/mol. The van der Waals surface area contributed by atoms with Gasteiger partial charge in [-0.3, -0.25) is 5.32 Å². The van der Waals surface area contributed by atoms with E-state index >= 15 is 0 Å². The van der Waals surface area contributed by atoms with E-state index < -0.39 is 5.91 Å². The average Bonchev–Trinajstić information content (AvgIpc) is 1.68. The van der Waals surface area contributed by atoms with Crippen molar-refractivity contribution in [2.24, 2.45) is 0 Å². The molecule has 0 spiro atoms. The van der Waals surface area contributed by atoms with Gasteiger partial charge in [0, 0.05) is 0 Å². The number of hydrogen-bond acceptors (Lipinski definition) is 3. The molecular formula is C4H2N3NaO. The van der Waals surface area contributed by atoms with E-state index in [1.54, 1.807) is 5.32 Å². The Morgan fingerprint density at radius 3 is 2.44 bits per heavy atom. The van der Waals surface area contributed by atoms with Gasteiger partial charge in [-0.25, -0.2) is 11.7 Å². The molecule has 0 bridgehead atoms. The maximum Gasteiger partial charge on any atom is 1.00 e. The van der Waals surface area contributed by atoms with Crippen molar-refractivity contribution in [2.75, 3.05) is 0 Å². The van der Waals surface area contributed by atoms with E-state index in [0.29, 0.717) is 6.42 Å². The molecular weight excluding hydrogens is 129 g/mol. The summed E-state index contributed by atoms with van der Waals surface area (Å²) in [5, 5.41) is 17.3. The van der Waals surface area contributed by atoms with Crippen molar-refractivity contribution in [3.63, 3.8) is 0 Å². The first-order chi connectivity index (χ1) is 3.81. The van der Waals surface area contributed by atoms with Gasteiger partial charge < -0.3 is 4.79 Å². The summed E-state index contributed by atoms with van der Waals surface area (Å²) in [7, 11) is 0. The Labute approximate surface area is 74.7 Å². The third kappa shape index (κ3) is 7.32. The van der Waals surface area contributed by atoms with E-state index in [0.717, 1.165) is 0 Å². The molecule has 0 saturated heterocycles. The van der Waals surface area contributed by atoms with E-state index in [4.69, 9.17) is 10.5 Å². The summed E-state index contributed by atoms with van der Waals surface area (Å²) in [6, 6.07) is 1.46. The van der Waals surface area contributed by atoms with Crippen molar-refractivity contribution < 1.29 is 34.4 Å². The van der Waals surface area contributed by atoms with Crippen LogP contribution in [0.5, 0.6) is 0 Å². The van der Waals surface area contributed by atoms with Gasteiger partial charge in [-0.15, -0.1) is 0 Å². The molecule has 0 radical (unpaired) electrons. The Morgan fingerprint density at radius 2 is 2.11 bits per heavy atom. The second kappa shape index (κ2) is 7.32. The predicted octanol–water partition coefficient (Wildman–Crippen LogP) is -3.68. The van der Waals surface area contributed by atoms with Gasteiger partial charge >= 0.3 is 29.6 Å². The minimum absolute atomic E-state index is 0. The molecule has 1 amide bonds. The average molecular weight is 131 g/mol. The summed E-state index contributed by atoms with van der Waals surface area (Å²) in [6.07, 6.45) is 2.08. The number of nitrogens with one attached hydrogen (secondary N) is 1. The van der Waals surface area contributed by atoms with Gasteiger partial charge in [0.25, 0.3) is 0 Å². The van der Waals surface area contributed by atoms with Crippen LogP contribution in [0.15, 0.2) is 0 Å². The third-order valence-electron chi connectivity index (χ3n) is 0.375. The van der Waals surface area contributed by atoms with E-state index in [-0.39, 0.29) is 29.6 Å². The van der Waals surface area contributed by atoms with Crippen LogP contribution >= 0.6 is 0 Å². The van der Waals surface area contributed by atoms with Crippen molar-refractivity contribution in [1.29, 1.82) is 10.5 Å². The van der Waals surface area contributed by atoms with Crippen LogP contribution in [0.2, 0.25) is 0 Å². The number of amides is 1. The van der Waals surface area contributed by atoms with Crippen molar-refractivity contribution in [2.45, 2.75) is 0 Å². The number of rotatable bonds is 1. The molecule has 9 heavy (non-hydrogen) atoms. The largest absolute Gasteiger partial charge is 1.00 e. The van der Waals surface area contributed by atoms with Crippen LogP contribution in [-0.4, -0.2) is 5.91 Å². The molecule has 0 heterocycles. The molecule has 40 valence electrons. The first-order valence-electron chi connectivity index (χ1n) is 1.73. The Bertz CT molecular complexity index is 148. The maximum atomic E-state index is 10.0. The number of carbonyl (C=O) groups is 1. The van der Waals surface area contributed by atoms with Crippen molar-refractivity contribution in [3.8, 4) is 12.3 Å². The Balaban J connectivity index is 0. The molecule has 0 rings (SSSR count). The van der Waals surface area contributed by atoms with Crippen molar-refractivity contribution in [3.05, 3.63) is 6.42 Å². The van der Waals surface area contributed by atoms with Crippen molar-refractivity contribution in [1.82, 2.24) is 5.32 Å². The molecule has 0 aromatic carbocycles. The Hall–Kier alpha value is -0.680. The zero-order valence-electron chi connectivity index (χ0n) is 4.88. The normalized spacial score (nSPS) is 5.11. The van der Waals surface area contributed by atoms with Crippen LogP contribution in [0.3, 0.4) is 0 Å². The van der Waals surface area contributed by atoms with Crippen LogP contribution in [0.1, 0.15) is 0 Å². The van der Waals surface area contributed by atoms with E-state index in [1.807, 2.05) is 0 Å². The van der Waals surface area contributed by atoms with Crippen LogP contribution in [0.4, 0.5) is 0 Å². The standard InChI is InChI=1S/C4H2N3O.Na/c5-2-1-4(8)7-3-6;/h1H,(H,7,8);/q-1;+1. The van der Waals surface area contributed by atoms with Gasteiger partial charge in [0.2, 0.25) is 0 Å². The van der Waals surface area contributed by atoms with Crippen LogP contribution in [-0.2, 0) is 4.79 Å². The zero-order chi connectivity index (χ0) is 6.41. The van der Waals surface area contributed by atoms with E-state index in [9.17, 15) is 4.79 Å². The fourth-order valence-corrected chi connectivity index (χ4v) is 0.150. The fourth-order valence-electron chi connectivity index (χ4n) is 0.150. The first kappa shape index (κ1) is 11.2. The third-order valence-corrected chi connectivity index (χ3v) is 0.375. The smallest absolute Gasteiger partial charge is 0.309 e. The number of nitriles is 2. The van der Waals surface area contributed by atoms with Gasteiger partial charge in [0.05, 0.1) is 0 Å². The Morgan fingerprint density at radius 1 is 1.56 bits per heavy atom. The van der Waals surface area contributed by atoms with Gasteiger partial charge in [-0.1, -0.05) is 6.07 Å². The molecule has 0 aromatic heterocycles. The molecule has 0 aliphatic carbocycles. The van der Waals surface area contributed by atoms with Crippen LogP contribution < -0.4 is 34.9 Å². The number of hydrogen-bond donors (Lipinski definition) is 1. The summed E-state index contributed by atoms with van der Waals surface area (Å²) in [6.45, 7) is 0. The quantitative estimate of drug-likeness (QED) is 0.172. The molecule has 1 N–H and O–H groups in total. The molecule has 0 atom stereocenters. The maximum absolute atomic E-state index is 10.0. The van der Waals surface area contributed by atoms with Crippen LogP contribution in [0, 0.1) is 29.2 Å². The SMILES string of the molecule is N#C[CH-]C(=O)NC#N.[Na+].